The zero-order valence-corrected chi connectivity index (χ0v) is 14.6. The minimum atomic E-state index is 0.740. The van der Waals surface area contributed by atoms with Crippen LogP contribution in [0.3, 0.4) is 0 Å². The van der Waals surface area contributed by atoms with Crippen molar-refractivity contribution in [1.29, 1.82) is 0 Å². The lowest BCUT2D eigenvalue weighted by molar-refractivity contribution is 0.223. The summed E-state index contributed by atoms with van der Waals surface area (Å²) in [6.07, 6.45) is 11.1. The van der Waals surface area contributed by atoms with Gasteiger partial charge in [-0.15, -0.1) is 0 Å². The normalized spacial score (nSPS) is 13.5. The number of nitrogens with zero attached hydrogens (tertiary/aromatic N) is 1. The summed E-state index contributed by atoms with van der Waals surface area (Å²) in [5.74, 6) is 0.817. The average Bonchev–Trinajstić information content (AvgIpc) is 2.31. The molecule has 0 aromatic heterocycles. The average molecular weight is 320 g/mol. The second-order valence-electron chi connectivity index (χ2n) is 6.12. The molecular formula is C16H34BrN. The van der Waals surface area contributed by atoms with E-state index < -0.39 is 0 Å². The maximum atomic E-state index is 3.48. The maximum absolute atomic E-state index is 3.48. The maximum Gasteiger partial charge on any atom is 0.00663 e. The Bertz CT molecular complexity index is 170. The van der Waals surface area contributed by atoms with Crippen LogP contribution in [-0.4, -0.2) is 29.9 Å². The van der Waals surface area contributed by atoms with Crippen molar-refractivity contribution in [1.82, 2.24) is 4.90 Å². The predicted molar refractivity (Wildman–Crippen MR) is 87.7 cm³/mol. The molecule has 18 heavy (non-hydrogen) atoms. The molecule has 0 amide bonds. The highest BCUT2D eigenvalue weighted by Crippen LogP contribution is 2.12. The van der Waals surface area contributed by atoms with Crippen LogP contribution in [0.5, 0.6) is 0 Å². The Morgan fingerprint density at radius 1 is 0.833 bits per heavy atom. The standard InChI is InChI=1S/C16H34BrN/c1-15(2)14-16(3)18(4)13-11-9-7-5-6-8-10-12-17/h15-16H,5-14H2,1-4H3. The molecule has 0 rings (SSSR count). The highest BCUT2D eigenvalue weighted by molar-refractivity contribution is 9.09. The second-order valence-corrected chi connectivity index (χ2v) is 6.92. The predicted octanol–water partition coefficient (Wildman–Crippen LogP) is 5.48. The van der Waals surface area contributed by atoms with E-state index in [1.165, 1.54) is 63.2 Å². The summed E-state index contributed by atoms with van der Waals surface area (Å²) >= 11 is 3.48. The Kier molecular flexibility index (Phi) is 12.8. The topological polar surface area (TPSA) is 3.24 Å². The van der Waals surface area contributed by atoms with Gasteiger partial charge >= 0.3 is 0 Å². The van der Waals surface area contributed by atoms with E-state index in [0.717, 1.165) is 12.0 Å². The number of hydrogen-bond donors (Lipinski definition) is 0. The van der Waals surface area contributed by atoms with Gasteiger partial charge in [-0.2, -0.15) is 0 Å². The molecule has 0 aliphatic carbocycles. The third kappa shape index (κ3) is 11.5. The molecule has 1 atom stereocenters. The number of halogens is 1. The van der Waals surface area contributed by atoms with E-state index in [2.05, 4.69) is 48.6 Å². The molecular weight excluding hydrogens is 286 g/mol. The van der Waals surface area contributed by atoms with Gasteiger partial charge in [0.05, 0.1) is 0 Å². The first-order valence-electron chi connectivity index (χ1n) is 7.84. The summed E-state index contributed by atoms with van der Waals surface area (Å²) in [4.78, 5) is 2.53. The van der Waals surface area contributed by atoms with Crippen molar-refractivity contribution < 1.29 is 0 Å². The van der Waals surface area contributed by atoms with Crippen LogP contribution in [0.2, 0.25) is 0 Å². The van der Waals surface area contributed by atoms with Crippen molar-refractivity contribution >= 4 is 15.9 Å². The first-order valence-corrected chi connectivity index (χ1v) is 8.96. The molecule has 0 N–H and O–H groups in total. The van der Waals surface area contributed by atoms with E-state index in [9.17, 15) is 0 Å². The van der Waals surface area contributed by atoms with Gasteiger partial charge in [-0.05, 0) is 45.7 Å². The fraction of sp³-hybridized carbons (Fsp3) is 1.00. The Morgan fingerprint density at radius 3 is 1.83 bits per heavy atom. The summed E-state index contributed by atoms with van der Waals surface area (Å²) in [5, 5.41) is 1.17. The van der Waals surface area contributed by atoms with Gasteiger partial charge in [0, 0.05) is 11.4 Å². The van der Waals surface area contributed by atoms with Gasteiger partial charge in [-0.3, -0.25) is 0 Å². The van der Waals surface area contributed by atoms with Crippen molar-refractivity contribution in [3.8, 4) is 0 Å². The molecule has 2 heteroatoms. The van der Waals surface area contributed by atoms with E-state index in [4.69, 9.17) is 0 Å². The molecule has 110 valence electrons. The lowest BCUT2D eigenvalue weighted by Gasteiger charge is -2.26. The van der Waals surface area contributed by atoms with Crippen LogP contribution < -0.4 is 0 Å². The van der Waals surface area contributed by atoms with E-state index in [1.807, 2.05) is 0 Å². The quantitative estimate of drug-likeness (QED) is 0.340. The van der Waals surface area contributed by atoms with Crippen LogP contribution >= 0.6 is 15.9 Å². The van der Waals surface area contributed by atoms with E-state index in [1.54, 1.807) is 0 Å². The Morgan fingerprint density at radius 2 is 1.33 bits per heavy atom. The number of hydrogen-bond acceptors (Lipinski definition) is 1. The van der Waals surface area contributed by atoms with Crippen molar-refractivity contribution in [3.63, 3.8) is 0 Å². The monoisotopic (exact) mass is 319 g/mol. The van der Waals surface area contributed by atoms with Gasteiger partial charge in [0.25, 0.3) is 0 Å². The van der Waals surface area contributed by atoms with Crippen LogP contribution in [0, 0.1) is 5.92 Å². The van der Waals surface area contributed by atoms with Crippen LogP contribution in [0.25, 0.3) is 0 Å². The molecule has 1 unspecified atom stereocenters. The molecule has 0 fully saturated rings. The molecule has 0 bridgehead atoms. The van der Waals surface area contributed by atoms with Crippen molar-refractivity contribution in [2.45, 2.75) is 78.2 Å². The van der Waals surface area contributed by atoms with Crippen LogP contribution in [-0.2, 0) is 0 Å². The second kappa shape index (κ2) is 12.5. The van der Waals surface area contributed by atoms with Gasteiger partial charge in [-0.1, -0.05) is 61.9 Å². The minimum absolute atomic E-state index is 0.740. The van der Waals surface area contributed by atoms with Crippen molar-refractivity contribution in [3.05, 3.63) is 0 Å². The van der Waals surface area contributed by atoms with Gasteiger partial charge < -0.3 is 4.90 Å². The van der Waals surface area contributed by atoms with E-state index >= 15 is 0 Å². The molecule has 0 aromatic carbocycles. The molecule has 0 saturated carbocycles. The van der Waals surface area contributed by atoms with E-state index in [-0.39, 0.29) is 0 Å². The lowest BCUT2D eigenvalue weighted by atomic mass is 10.0. The van der Waals surface area contributed by atoms with E-state index in [0.29, 0.717) is 0 Å². The third-order valence-corrected chi connectivity index (χ3v) is 4.27. The molecule has 0 spiro atoms. The van der Waals surface area contributed by atoms with Gasteiger partial charge in [0.1, 0.15) is 0 Å². The summed E-state index contributed by atoms with van der Waals surface area (Å²) in [7, 11) is 2.28. The van der Waals surface area contributed by atoms with Crippen LogP contribution in [0.4, 0.5) is 0 Å². The first kappa shape index (κ1) is 18.4. The Labute approximate surface area is 124 Å². The minimum Gasteiger partial charge on any atom is -0.304 e. The third-order valence-electron chi connectivity index (χ3n) is 3.71. The Hall–Kier alpha value is 0.440. The number of rotatable bonds is 12. The highest BCUT2D eigenvalue weighted by atomic mass is 79.9. The zero-order valence-electron chi connectivity index (χ0n) is 13.1. The molecule has 0 aliphatic heterocycles. The molecule has 0 aliphatic rings. The number of unbranched alkanes of at least 4 members (excludes halogenated alkanes) is 6. The fourth-order valence-corrected chi connectivity index (χ4v) is 2.82. The summed E-state index contributed by atoms with van der Waals surface area (Å²) in [5.41, 5.74) is 0. The van der Waals surface area contributed by atoms with Gasteiger partial charge in [0.2, 0.25) is 0 Å². The van der Waals surface area contributed by atoms with Gasteiger partial charge in [-0.25, -0.2) is 0 Å². The van der Waals surface area contributed by atoms with Crippen molar-refractivity contribution in [2.75, 3.05) is 18.9 Å². The molecule has 1 nitrogen and oxygen atoms in total. The van der Waals surface area contributed by atoms with Gasteiger partial charge in [0.15, 0.2) is 0 Å². The number of alkyl halides is 1. The lowest BCUT2D eigenvalue weighted by Crippen LogP contribution is -2.31. The molecule has 0 aromatic rings. The zero-order chi connectivity index (χ0) is 13.8. The van der Waals surface area contributed by atoms with Crippen LogP contribution in [0.1, 0.15) is 72.1 Å². The first-order chi connectivity index (χ1) is 8.57. The SMILES string of the molecule is CC(C)CC(C)N(C)CCCCCCCCCBr. The summed E-state index contributed by atoms with van der Waals surface area (Å²) in [6.45, 7) is 8.27. The molecule has 0 radical (unpaired) electrons. The summed E-state index contributed by atoms with van der Waals surface area (Å²) < 4.78 is 0. The fourth-order valence-electron chi connectivity index (χ4n) is 2.42. The largest absolute Gasteiger partial charge is 0.304 e. The Balaban J connectivity index is 3.32. The van der Waals surface area contributed by atoms with Crippen LogP contribution in [0.15, 0.2) is 0 Å². The van der Waals surface area contributed by atoms with Crippen molar-refractivity contribution in [2.24, 2.45) is 5.92 Å². The smallest absolute Gasteiger partial charge is 0.00663 e. The highest BCUT2D eigenvalue weighted by Gasteiger charge is 2.09. The summed E-state index contributed by atoms with van der Waals surface area (Å²) in [6, 6.07) is 0.740. The molecule has 0 heterocycles. The molecule has 0 saturated heterocycles.